The standard InChI is InChI=1S/C18H27N3OS/c1-12-17(23-13(2)19-12)18(22)21-10-15-6-7-16(11-21)20(9-15)8-14-4-3-5-14/h14-16H,3-11H2,1-2H3/t15-,16-/m1/s1. The topological polar surface area (TPSA) is 36.4 Å². The fourth-order valence-corrected chi connectivity index (χ4v) is 5.34. The average molecular weight is 334 g/mol. The van der Waals surface area contributed by atoms with Crippen LogP contribution in [-0.2, 0) is 0 Å². The second-order valence-electron chi connectivity index (χ2n) is 7.71. The lowest BCUT2D eigenvalue weighted by atomic mass is 9.83. The molecule has 3 aliphatic heterocycles. The third kappa shape index (κ3) is 3.05. The van der Waals surface area contributed by atoms with E-state index in [0.717, 1.165) is 34.6 Å². The molecule has 1 aromatic rings. The molecule has 1 aliphatic carbocycles. The van der Waals surface area contributed by atoms with Crippen LogP contribution in [0, 0.1) is 25.7 Å². The van der Waals surface area contributed by atoms with Crippen molar-refractivity contribution in [2.45, 2.75) is 52.0 Å². The molecule has 4 aliphatic rings. The number of fused-ring (bicyclic) bond motifs is 4. The summed E-state index contributed by atoms with van der Waals surface area (Å²) in [5.74, 6) is 1.80. The second-order valence-corrected chi connectivity index (χ2v) is 8.91. The molecule has 1 saturated carbocycles. The Kier molecular flexibility index (Phi) is 4.18. The van der Waals surface area contributed by atoms with Crippen molar-refractivity contribution in [3.8, 4) is 0 Å². The van der Waals surface area contributed by atoms with Crippen molar-refractivity contribution in [1.29, 1.82) is 0 Å². The normalized spacial score (nSPS) is 28.7. The minimum absolute atomic E-state index is 0.218. The van der Waals surface area contributed by atoms with Gasteiger partial charge in [-0.15, -0.1) is 11.3 Å². The summed E-state index contributed by atoms with van der Waals surface area (Å²) in [4.78, 5) is 23.1. The summed E-state index contributed by atoms with van der Waals surface area (Å²) in [6, 6.07) is 0.577. The number of hydrogen-bond donors (Lipinski definition) is 0. The van der Waals surface area contributed by atoms with Crippen LogP contribution < -0.4 is 0 Å². The van der Waals surface area contributed by atoms with E-state index in [4.69, 9.17) is 0 Å². The number of hydrogen-bond acceptors (Lipinski definition) is 4. The molecule has 1 amide bonds. The summed E-state index contributed by atoms with van der Waals surface area (Å²) in [5.41, 5.74) is 0.903. The first-order valence-electron chi connectivity index (χ1n) is 9.07. The zero-order chi connectivity index (χ0) is 16.0. The summed E-state index contributed by atoms with van der Waals surface area (Å²) in [6.07, 6.45) is 6.80. The molecular formula is C18H27N3OS. The van der Waals surface area contributed by atoms with Gasteiger partial charge in [-0.1, -0.05) is 6.42 Å². The molecule has 126 valence electrons. The first-order valence-corrected chi connectivity index (χ1v) is 9.89. The van der Waals surface area contributed by atoms with E-state index in [9.17, 15) is 4.79 Å². The van der Waals surface area contributed by atoms with Gasteiger partial charge in [0.1, 0.15) is 4.88 Å². The Morgan fingerprint density at radius 2 is 2.00 bits per heavy atom. The Balaban J connectivity index is 1.48. The van der Waals surface area contributed by atoms with E-state index >= 15 is 0 Å². The summed E-state index contributed by atoms with van der Waals surface area (Å²) < 4.78 is 0. The van der Waals surface area contributed by atoms with Crippen molar-refractivity contribution in [3.63, 3.8) is 0 Å². The Hall–Kier alpha value is -0.940. The van der Waals surface area contributed by atoms with Crippen LogP contribution >= 0.6 is 11.3 Å². The molecule has 4 fully saturated rings. The predicted molar refractivity (Wildman–Crippen MR) is 92.9 cm³/mol. The molecule has 23 heavy (non-hydrogen) atoms. The molecule has 0 N–H and O–H groups in total. The molecule has 0 aromatic carbocycles. The van der Waals surface area contributed by atoms with Crippen LogP contribution in [0.4, 0.5) is 0 Å². The summed E-state index contributed by atoms with van der Waals surface area (Å²) in [5, 5.41) is 0.996. The summed E-state index contributed by atoms with van der Waals surface area (Å²) in [7, 11) is 0. The van der Waals surface area contributed by atoms with Crippen molar-refractivity contribution >= 4 is 17.2 Å². The largest absolute Gasteiger partial charge is 0.336 e. The van der Waals surface area contributed by atoms with E-state index in [1.54, 1.807) is 11.3 Å². The van der Waals surface area contributed by atoms with Gasteiger partial charge < -0.3 is 4.90 Å². The second kappa shape index (κ2) is 6.17. The highest BCUT2D eigenvalue weighted by atomic mass is 32.1. The van der Waals surface area contributed by atoms with E-state index in [0.29, 0.717) is 12.0 Å². The number of aromatic nitrogens is 1. The lowest BCUT2D eigenvalue weighted by Gasteiger charge is -2.40. The Bertz CT molecular complexity index is 595. The fraction of sp³-hybridized carbons (Fsp3) is 0.778. The van der Waals surface area contributed by atoms with Gasteiger partial charge in [-0.25, -0.2) is 4.98 Å². The molecule has 5 rings (SSSR count). The summed E-state index contributed by atoms with van der Waals surface area (Å²) in [6.45, 7) is 8.27. The van der Waals surface area contributed by atoms with Crippen molar-refractivity contribution in [3.05, 3.63) is 15.6 Å². The number of amides is 1. The van der Waals surface area contributed by atoms with Crippen molar-refractivity contribution < 1.29 is 4.79 Å². The van der Waals surface area contributed by atoms with Crippen LogP contribution in [0.15, 0.2) is 0 Å². The van der Waals surface area contributed by atoms with E-state index in [1.807, 2.05) is 13.8 Å². The highest BCUT2D eigenvalue weighted by Crippen LogP contribution is 2.34. The molecule has 0 unspecified atom stereocenters. The maximum Gasteiger partial charge on any atom is 0.265 e. The van der Waals surface area contributed by atoms with Gasteiger partial charge >= 0.3 is 0 Å². The molecule has 4 nitrogen and oxygen atoms in total. The number of carbonyl (C=O) groups is 1. The number of nitrogens with zero attached hydrogens (tertiary/aromatic N) is 3. The quantitative estimate of drug-likeness (QED) is 0.853. The molecule has 2 bridgehead atoms. The van der Waals surface area contributed by atoms with Crippen LogP contribution in [0.1, 0.15) is 52.5 Å². The van der Waals surface area contributed by atoms with Gasteiger partial charge in [0.05, 0.1) is 10.7 Å². The molecule has 4 heterocycles. The van der Waals surface area contributed by atoms with Gasteiger partial charge in [0.25, 0.3) is 5.91 Å². The smallest absolute Gasteiger partial charge is 0.265 e. The van der Waals surface area contributed by atoms with E-state index in [-0.39, 0.29) is 5.91 Å². The van der Waals surface area contributed by atoms with Crippen molar-refractivity contribution in [1.82, 2.24) is 14.8 Å². The predicted octanol–water partition coefficient (Wildman–Crippen LogP) is 3.10. The van der Waals surface area contributed by atoms with E-state index in [2.05, 4.69) is 14.8 Å². The Morgan fingerprint density at radius 1 is 1.17 bits per heavy atom. The first-order chi connectivity index (χ1) is 11.1. The molecular weight excluding hydrogens is 306 g/mol. The first kappa shape index (κ1) is 15.6. The lowest BCUT2D eigenvalue weighted by molar-refractivity contribution is 0.0720. The minimum Gasteiger partial charge on any atom is -0.336 e. The Morgan fingerprint density at radius 3 is 2.65 bits per heavy atom. The molecule has 0 radical (unpaired) electrons. The third-order valence-corrected chi connectivity index (χ3v) is 6.99. The zero-order valence-corrected chi connectivity index (χ0v) is 15.1. The zero-order valence-electron chi connectivity index (χ0n) is 14.3. The maximum absolute atomic E-state index is 13.0. The monoisotopic (exact) mass is 333 g/mol. The van der Waals surface area contributed by atoms with Crippen LogP contribution in [0.25, 0.3) is 0 Å². The van der Waals surface area contributed by atoms with E-state index in [1.165, 1.54) is 45.2 Å². The molecule has 2 atom stereocenters. The molecule has 5 heteroatoms. The average Bonchev–Trinajstić information content (AvgIpc) is 2.66. The van der Waals surface area contributed by atoms with Gasteiger partial charge in [-0.05, 0) is 51.4 Å². The van der Waals surface area contributed by atoms with Crippen LogP contribution in [-0.4, -0.2) is 52.9 Å². The number of piperidine rings is 1. The van der Waals surface area contributed by atoms with Crippen LogP contribution in [0.2, 0.25) is 0 Å². The van der Waals surface area contributed by atoms with E-state index < -0.39 is 0 Å². The van der Waals surface area contributed by atoms with Crippen LogP contribution in [0.3, 0.4) is 0 Å². The highest BCUT2D eigenvalue weighted by molar-refractivity contribution is 7.13. The number of rotatable bonds is 3. The van der Waals surface area contributed by atoms with Gasteiger partial charge in [-0.2, -0.15) is 0 Å². The molecule has 1 aromatic heterocycles. The van der Waals surface area contributed by atoms with Crippen LogP contribution in [0.5, 0.6) is 0 Å². The third-order valence-electron chi connectivity index (χ3n) is 5.93. The van der Waals surface area contributed by atoms with Crippen molar-refractivity contribution in [2.24, 2.45) is 11.8 Å². The minimum atomic E-state index is 0.218. The van der Waals surface area contributed by atoms with Gasteiger partial charge in [0.2, 0.25) is 0 Å². The Labute approximate surface area is 142 Å². The lowest BCUT2D eigenvalue weighted by Crippen LogP contribution is -2.47. The maximum atomic E-state index is 13.0. The molecule has 3 saturated heterocycles. The van der Waals surface area contributed by atoms with Crippen molar-refractivity contribution in [2.75, 3.05) is 26.2 Å². The number of thiazole rings is 1. The van der Waals surface area contributed by atoms with Gasteiger partial charge in [-0.3, -0.25) is 9.69 Å². The fourth-order valence-electron chi connectivity index (χ4n) is 4.45. The summed E-state index contributed by atoms with van der Waals surface area (Å²) >= 11 is 1.55. The number of carbonyl (C=O) groups excluding carboxylic acids is 1. The SMILES string of the molecule is Cc1nc(C)c(C(=O)N2C[C@@H]3CC[C@H](C2)N(CC2CCC2)C3)s1. The highest BCUT2D eigenvalue weighted by Gasteiger charge is 2.38. The van der Waals surface area contributed by atoms with Gasteiger partial charge in [0, 0.05) is 32.2 Å². The molecule has 0 spiro atoms. The van der Waals surface area contributed by atoms with Gasteiger partial charge in [0.15, 0.2) is 0 Å². The number of aryl methyl sites for hydroxylation is 2.